The number of rotatable bonds is 6. The van der Waals surface area contributed by atoms with Crippen molar-refractivity contribution in [3.63, 3.8) is 0 Å². The molecule has 1 atom stereocenters. The molecule has 1 aliphatic carbocycles. The maximum Gasteiger partial charge on any atom is 0.349 e. The zero-order valence-electron chi connectivity index (χ0n) is 18.0. The Kier molecular flexibility index (Phi) is 7.12. The summed E-state index contributed by atoms with van der Waals surface area (Å²) in [6.45, 7) is 8.34. The number of ether oxygens (including phenoxy) is 1. The number of nitrogens with one attached hydrogen (secondary N) is 2. The minimum absolute atomic E-state index is 0.0941. The van der Waals surface area contributed by atoms with Crippen molar-refractivity contribution in [3.8, 4) is 0 Å². The van der Waals surface area contributed by atoms with E-state index in [1.54, 1.807) is 6.07 Å². The lowest BCUT2D eigenvalue weighted by Gasteiger charge is -2.23. The topological polar surface area (TPSA) is 102 Å². The number of esters is 1. The maximum absolute atomic E-state index is 12.6. The fourth-order valence-corrected chi connectivity index (χ4v) is 4.69. The molecule has 2 aromatic rings. The van der Waals surface area contributed by atoms with Crippen LogP contribution in [0.5, 0.6) is 0 Å². The SMILES string of the molecule is Cc1nn(CC(C)C)c2sc(C(=O)OC(C)C(=O)NC(=O)NC3CCCCC3)cc12. The van der Waals surface area contributed by atoms with Gasteiger partial charge < -0.3 is 10.1 Å². The first-order valence-electron chi connectivity index (χ1n) is 10.5. The van der Waals surface area contributed by atoms with Crippen molar-refractivity contribution in [2.45, 2.75) is 78.5 Å². The van der Waals surface area contributed by atoms with E-state index in [2.05, 4.69) is 29.6 Å². The Morgan fingerprint density at radius 3 is 2.60 bits per heavy atom. The van der Waals surface area contributed by atoms with Gasteiger partial charge in [0.1, 0.15) is 9.71 Å². The van der Waals surface area contributed by atoms with Crippen molar-refractivity contribution < 1.29 is 19.1 Å². The Morgan fingerprint density at radius 2 is 1.93 bits per heavy atom. The summed E-state index contributed by atoms with van der Waals surface area (Å²) in [4.78, 5) is 38.2. The third-order valence-corrected chi connectivity index (χ3v) is 6.31. The molecule has 3 rings (SSSR count). The van der Waals surface area contributed by atoms with Gasteiger partial charge >= 0.3 is 12.0 Å². The number of amides is 3. The van der Waals surface area contributed by atoms with Crippen molar-refractivity contribution in [1.82, 2.24) is 20.4 Å². The van der Waals surface area contributed by atoms with E-state index < -0.39 is 24.0 Å². The summed E-state index contributed by atoms with van der Waals surface area (Å²) in [6, 6.07) is 1.31. The molecule has 1 aliphatic rings. The summed E-state index contributed by atoms with van der Waals surface area (Å²) in [5.74, 6) is -0.796. The van der Waals surface area contributed by atoms with Crippen molar-refractivity contribution in [3.05, 3.63) is 16.6 Å². The highest BCUT2D eigenvalue weighted by Gasteiger charge is 2.24. The molecule has 2 N–H and O–H groups in total. The minimum atomic E-state index is -1.08. The molecule has 0 spiro atoms. The second kappa shape index (κ2) is 9.59. The third-order valence-electron chi connectivity index (χ3n) is 5.18. The lowest BCUT2D eigenvalue weighted by molar-refractivity contribution is -0.127. The Bertz CT molecular complexity index is 927. The van der Waals surface area contributed by atoms with Crippen molar-refractivity contribution in [1.29, 1.82) is 0 Å². The number of urea groups is 1. The van der Waals surface area contributed by atoms with Crippen LogP contribution in [0.15, 0.2) is 6.07 Å². The Morgan fingerprint density at radius 1 is 1.23 bits per heavy atom. The van der Waals surface area contributed by atoms with Gasteiger partial charge in [-0.1, -0.05) is 33.1 Å². The maximum atomic E-state index is 12.6. The van der Waals surface area contributed by atoms with E-state index in [-0.39, 0.29) is 6.04 Å². The molecule has 9 heteroatoms. The number of carbonyl (C=O) groups excluding carboxylic acids is 3. The third kappa shape index (κ3) is 5.38. The number of thiophene rings is 1. The van der Waals surface area contributed by atoms with E-state index in [9.17, 15) is 14.4 Å². The van der Waals surface area contributed by atoms with Crippen LogP contribution in [0.2, 0.25) is 0 Å². The van der Waals surface area contributed by atoms with Crippen LogP contribution in [0.25, 0.3) is 10.2 Å². The molecule has 0 aromatic carbocycles. The smallest absolute Gasteiger partial charge is 0.349 e. The summed E-state index contributed by atoms with van der Waals surface area (Å²) in [6.07, 6.45) is 4.11. The molecule has 1 saturated carbocycles. The van der Waals surface area contributed by atoms with Crippen LogP contribution in [0, 0.1) is 12.8 Å². The fraction of sp³-hybridized carbons (Fsp3) is 0.619. The zero-order valence-corrected chi connectivity index (χ0v) is 18.8. The van der Waals surface area contributed by atoms with Gasteiger partial charge in [0.15, 0.2) is 6.10 Å². The van der Waals surface area contributed by atoms with Crippen molar-refractivity contribution >= 4 is 39.5 Å². The Labute approximate surface area is 180 Å². The molecule has 1 fully saturated rings. The van der Waals surface area contributed by atoms with Gasteiger partial charge in [-0.3, -0.25) is 14.8 Å². The summed E-state index contributed by atoms with van der Waals surface area (Å²) in [5, 5.41) is 10.5. The molecule has 2 heterocycles. The molecular formula is C21H30N4O4S. The molecule has 3 amide bonds. The highest BCUT2D eigenvalue weighted by molar-refractivity contribution is 7.20. The number of hydrogen-bond donors (Lipinski definition) is 2. The molecule has 8 nitrogen and oxygen atoms in total. The van der Waals surface area contributed by atoms with Gasteiger partial charge in [0.2, 0.25) is 0 Å². The number of nitrogens with zero attached hydrogens (tertiary/aromatic N) is 2. The van der Waals surface area contributed by atoms with Gasteiger partial charge in [0.05, 0.1) is 5.69 Å². The van der Waals surface area contributed by atoms with E-state index in [4.69, 9.17) is 4.74 Å². The summed E-state index contributed by atoms with van der Waals surface area (Å²) < 4.78 is 7.20. The number of fused-ring (bicyclic) bond motifs is 1. The van der Waals surface area contributed by atoms with E-state index >= 15 is 0 Å². The summed E-state index contributed by atoms with van der Waals surface area (Å²) in [7, 11) is 0. The molecule has 164 valence electrons. The molecular weight excluding hydrogens is 404 g/mol. The number of aryl methyl sites for hydroxylation is 1. The van der Waals surface area contributed by atoms with Crippen LogP contribution in [-0.4, -0.2) is 39.8 Å². The predicted octanol–water partition coefficient (Wildman–Crippen LogP) is 3.77. The highest BCUT2D eigenvalue weighted by atomic mass is 32.1. The first-order valence-corrected chi connectivity index (χ1v) is 11.4. The van der Waals surface area contributed by atoms with E-state index in [0.717, 1.165) is 48.1 Å². The molecule has 0 saturated heterocycles. The first kappa shape index (κ1) is 22.3. The van der Waals surface area contributed by atoms with Crippen LogP contribution in [0.1, 0.15) is 68.2 Å². The molecule has 0 aliphatic heterocycles. The van der Waals surface area contributed by atoms with Crippen LogP contribution in [-0.2, 0) is 16.1 Å². The summed E-state index contributed by atoms with van der Waals surface area (Å²) >= 11 is 1.30. The van der Waals surface area contributed by atoms with E-state index in [1.807, 2.05) is 11.6 Å². The fourth-order valence-electron chi connectivity index (χ4n) is 3.64. The van der Waals surface area contributed by atoms with E-state index in [0.29, 0.717) is 10.8 Å². The van der Waals surface area contributed by atoms with Crippen LogP contribution in [0.3, 0.4) is 0 Å². The Balaban J connectivity index is 1.58. The van der Waals surface area contributed by atoms with Crippen molar-refractivity contribution in [2.24, 2.45) is 5.92 Å². The Hall–Kier alpha value is -2.42. The van der Waals surface area contributed by atoms with Crippen LogP contribution in [0.4, 0.5) is 4.79 Å². The predicted molar refractivity (Wildman–Crippen MR) is 116 cm³/mol. The van der Waals surface area contributed by atoms with Crippen molar-refractivity contribution in [2.75, 3.05) is 0 Å². The average molecular weight is 435 g/mol. The van der Waals surface area contributed by atoms with Crippen LogP contribution < -0.4 is 10.6 Å². The average Bonchev–Trinajstić information content (AvgIpc) is 3.23. The number of hydrogen-bond acceptors (Lipinski definition) is 6. The first-order chi connectivity index (χ1) is 14.2. The lowest BCUT2D eigenvalue weighted by atomic mass is 9.96. The number of aromatic nitrogens is 2. The molecule has 30 heavy (non-hydrogen) atoms. The lowest BCUT2D eigenvalue weighted by Crippen LogP contribution is -2.48. The largest absolute Gasteiger partial charge is 0.448 e. The molecule has 1 unspecified atom stereocenters. The van der Waals surface area contributed by atoms with Gasteiger partial charge in [0, 0.05) is 18.0 Å². The van der Waals surface area contributed by atoms with Crippen LogP contribution >= 0.6 is 11.3 Å². The standard InChI is InChI=1S/C21H30N4O4S/c1-12(2)11-25-19-16(13(3)24-25)10-17(30-19)20(27)29-14(4)18(26)23-21(28)22-15-8-6-5-7-9-15/h10,12,14-15H,5-9,11H2,1-4H3,(H2,22,23,26,28). The molecule has 0 radical (unpaired) electrons. The second-order valence-corrected chi connectivity index (χ2v) is 9.37. The van der Waals surface area contributed by atoms with Gasteiger partial charge in [0.25, 0.3) is 5.91 Å². The molecule has 0 bridgehead atoms. The minimum Gasteiger partial charge on any atom is -0.448 e. The second-order valence-electron chi connectivity index (χ2n) is 8.34. The zero-order chi connectivity index (χ0) is 21.8. The van der Waals surface area contributed by atoms with E-state index in [1.165, 1.54) is 24.7 Å². The van der Waals surface area contributed by atoms with Gasteiger partial charge in [-0.25, -0.2) is 9.59 Å². The molecule has 2 aromatic heterocycles. The van der Waals surface area contributed by atoms with Gasteiger partial charge in [-0.05, 0) is 38.7 Å². The summed E-state index contributed by atoms with van der Waals surface area (Å²) in [5.41, 5.74) is 0.853. The monoisotopic (exact) mass is 434 g/mol. The quantitative estimate of drug-likeness (QED) is 0.674. The normalized spacial score (nSPS) is 15.9. The number of imide groups is 1. The number of carbonyl (C=O) groups is 3. The van der Waals surface area contributed by atoms with Gasteiger partial charge in [-0.2, -0.15) is 5.10 Å². The van der Waals surface area contributed by atoms with Gasteiger partial charge in [-0.15, -0.1) is 11.3 Å². The highest BCUT2D eigenvalue weighted by Crippen LogP contribution is 2.29.